The molecule has 2 aromatic rings. The van der Waals surface area contributed by atoms with E-state index in [1.807, 2.05) is 0 Å². The van der Waals surface area contributed by atoms with E-state index in [0.29, 0.717) is 10.7 Å². The molecule has 3 rings (SSSR count). The number of aromatic hydroxyl groups is 1. The van der Waals surface area contributed by atoms with Crippen molar-refractivity contribution in [1.29, 1.82) is 0 Å². The topological polar surface area (TPSA) is 120 Å². The molecule has 0 aliphatic carbocycles. The van der Waals surface area contributed by atoms with Crippen molar-refractivity contribution in [1.82, 2.24) is 4.90 Å². The van der Waals surface area contributed by atoms with Gasteiger partial charge < -0.3 is 19.9 Å². The molecule has 0 saturated carbocycles. The first-order valence-corrected chi connectivity index (χ1v) is 9.18. The molecule has 0 unspecified atom stereocenters. The van der Waals surface area contributed by atoms with Crippen LogP contribution in [0.25, 0.3) is 6.08 Å². The zero-order chi connectivity index (χ0) is 20.4. The van der Waals surface area contributed by atoms with Crippen molar-refractivity contribution in [3.63, 3.8) is 0 Å². The fraction of sp³-hybridized carbons (Fsp3) is 0.111. The smallest absolute Gasteiger partial charge is 0.339 e. The molecule has 10 heteroatoms. The molecule has 0 spiro atoms. The molecule has 144 valence electrons. The summed E-state index contributed by atoms with van der Waals surface area (Å²) in [4.78, 5) is 37.8. The van der Waals surface area contributed by atoms with Crippen LogP contribution in [0.3, 0.4) is 0 Å². The van der Waals surface area contributed by atoms with E-state index in [9.17, 15) is 19.5 Å². The Morgan fingerprint density at radius 1 is 1.36 bits per heavy atom. The number of carbonyl (C=O) groups is 3. The van der Waals surface area contributed by atoms with Gasteiger partial charge in [-0.3, -0.25) is 14.5 Å². The van der Waals surface area contributed by atoms with E-state index < -0.39 is 29.6 Å². The maximum atomic E-state index is 12.6. The summed E-state index contributed by atoms with van der Waals surface area (Å²) >= 11 is 6.29. The quantitative estimate of drug-likeness (QED) is 0.385. The number of hydrogen-bond donors (Lipinski definition) is 3. The highest BCUT2D eigenvalue weighted by atomic mass is 32.2. The van der Waals surface area contributed by atoms with Crippen LogP contribution in [0.5, 0.6) is 5.75 Å². The largest absolute Gasteiger partial charge is 0.507 e. The molecule has 1 saturated heterocycles. The number of nitrogens with zero attached hydrogens (tertiary/aromatic N) is 1. The molecule has 1 aromatic heterocycles. The zero-order valence-electron chi connectivity index (χ0n) is 14.4. The fourth-order valence-corrected chi connectivity index (χ4v) is 3.86. The fourth-order valence-electron chi connectivity index (χ4n) is 2.47. The molecule has 1 aromatic carbocycles. The van der Waals surface area contributed by atoms with Gasteiger partial charge in [0.15, 0.2) is 0 Å². The summed E-state index contributed by atoms with van der Waals surface area (Å²) in [5.74, 6) is -2.24. The van der Waals surface area contributed by atoms with E-state index in [1.54, 1.807) is 18.2 Å². The molecule has 2 amide bonds. The van der Waals surface area contributed by atoms with Crippen LogP contribution < -0.4 is 5.32 Å². The highest BCUT2D eigenvalue weighted by Gasteiger charge is 2.38. The predicted molar refractivity (Wildman–Crippen MR) is 107 cm³/mol. The minimum absolute atomic E-state index is 0.170. The molecular formula is C18H14N2O6S2. The van der Waals surface area contributed by atoms with E-state index in [0.717, 1.165) is 23.9 Å². The van der Waals surface area contributed by atoms with Crippen molar-refractivity contribution in [3.05, 3.63) is 52.8 Å². The molecule has 3 N–H and O–H groups in total. The monoisotopic (exact) mass is 418 g/mol. The molecule has 0 bridgehead atoms. The van der Waals surface area contributed by atoms with Gasteiger partial charge in [0, 0.05) is 11.8 Å². The summed E-state index contributed by atoms with van der Waals surface area (Å²) in [5.41, 5.74) is -0.180. The minimum atomic E-state index is -1.33. The number of rotatable bonds is 5. The average Bonchev–Trinajstić information content (AvgIpc) is 3.24. The van der Waals surface area contributed by atoms with Gasteiger partial charge in [-0.15, -0.1) is 0 Å². The summed E-state index contributed by atoms with van der Waals surface area (Å²) in [5, 5.41) is 21.1. The number of anilines is 1. The van der Waals surface area contributed by atoms with Crippen LogP contribution >= 0.6 is 24.0 Å². The Morgan fingerprint density at radius 2 is 2.11 bits per heavy atom. The van der Waals surface area contributed by atoms with Gasteiger partial charge >= 0.3 is 5.97 Å². The van der Waals surface area contributed by atoms with Crippen molar-refractivity contribution in [2.75, 3.05) is 5.32 Å². The Hall–Kier alpha value is -3.11. The van der Waals surface area contributed by atoms with Crippen molar-refractivity contribution in [2.24, 2.45) is 0 Å². The number of aromatic carboxylic acids is 1. The average molecular weight is 418 g/mol. The number of carbonyl (C=O) groups excluding carboxylic acids is 2. The second kappa shape index (κ2) is 7.87. The van der Waals surface area contributed by atoms with Crippen LogP contribution in [-0.4, -0.2) is 43.3 Å². The first-order chi connectivity index (χ1) is 13.3. The molecule has 0 radical (unpaired) electrons. The van der Waals surface area contributed by atoms with Crippen molar-refractivity contribution >= 4 is 57.8 Å². The highest BCUT2D eigenvalue weighted by molar-refractivity contribution is 8.26. The number of phenols is 1. The zero-order valence-corrected chi connectivity index (χ0v) is 16.0. The Morgan fingerprint density at radius 3 is 2.75 bits per heavy atom. The van der Waals surface area contributed by atoms with Gasteiger partial charge in [0.05, 0.1) is 11.2 Å². The van der Waals surface area contributed by atoms with Crippen molar-refractivity contribution in [2.45, 2.75) is 13.0 Å². The second-order valence-corrected chi connectivity index (χ2v) is 7.45. The van der Waals surface area contributed by atoms with Crippen LogP contribution in [0.4, 0.5) is 5.69 Å². The van der Waals surface area contributed by atoms with Crippen LogP contribution in [0, 0.1) is 0 Å². The second-order valence-electron chi connectivity index (χ2n) is 5.77. The lowest BCUT2D eigenvalue weighted by atomic mass is 10.1. The molecule has 1 atom stereocenters. The molecule has 8 nitrogen and oxygen atoms in total. The number of hydrogen-bond acceptors (Lipinski definition) is 7. The van der Waals surface area contributed by atoms with E-state index in [1.165, 1.54) is 24.2 Å². The van der Waals surface area contributed by atoms with Crippen LogP contribution in [0.15, 0.2) is 45.9 Å². The maximum Gasteiger partial charge on any atom is 0.339 e. The SMILES string of the molecule is C[C@@H](C(=O)Nc1ccc(O)c(C(=O)O)c1)N1C(=O)/C(=C\c2ccco2)SC1=S. The van der Waals surface area contributed by atoms with Gasteiger partial charge in [-0.25, -0.2) is 4.79 Å². The van der Waals surface area contributed by atoms with Crippen LogP contribution in [-0.2, 0) is 9.59 Å². The van der Waals surface area contributed by atoms with Gasteiger partial charge in [-0.1, -0.05) is 24.0 Å². The number of thiocarbonyl (C=S) groups is 1. The number of nitrogens with one attached hydrogen (secondary N) is 1. The summed E-state index contributed by atoms with van der Waals surface area (Å²) in [6.07, 6.45) is 3.02. The number of furan rings is 1. The third-order valence-corrected chi connectivity index (χ3v) is 5.23. The number of thioether (sulfide) groups is 1. The van der Waals surface area contributed by atoms with Crippen molar-refractivity contribution < 1.29 is 29.0 Å². The van der Waals surface area contributed by atoms with Gasteiger partial charge in [0.1, 0.15) is 27.4 Å². The van der Waals surface area contributed by atoms with E-state index in [4.69, 9.17) is 21.7 Å². The van der Waals surface area contributed by atoms with Crippen LogP contribution in [0.2, 0.25) is 0 Å². The molecular weight excluding hydrogens is 404 g/mol. The normalized spacial score (nSPS) is 16.5. The van der Waals surface area contributed by atoms with Gasteiger partial charge in [0.25, 0.3) is 5.91 Å². The molecule has 1 aliphatic rings. The standard InChI is InChI=1S/C18H14N2O6S2/c1-9(15(22)19-10-4-5-13(21)12(7-10)17(24)25)20-16(23)14(28-18(20)27)8-11-3-2-6-26-11/h2-9,21H,1H3,(H,19,22)(H,24,25)/b14-8+/t9-/m0/s1. The Bertz CT molecular complexity index is 1000. The third kappa shape index (κ3) is 3.92. The van der Waals surface area contributed by atoms with E-state index >= 15 is 0 Å². The molecule has 1 fully saturated rings. The first kappa shape index (κ1) is 19.6. The summed E-state index contributed by atoms with van der Waals surface area (Å²) < 4.78 is 5.41. The maximum absolute atomic E-state index is 12.6. The summed E-state index contributed by atoms with van der Waals surface area (Å²) in [6.45, 7) is 1.51. The molecule has 28 heavy (non-hydrogen) atoms. The third-order valence-electron chi connectivity index (χ3n) is 3.90. The first-order valence-electron chi connectivity index (χ1n) is 7.95. The minimum Gasteiger partial charge on any atom is -0.507 e. The Kier molecular flexibility index (Phi) is 5.52. The number of benzene rings is 1. The lowest BCUT2D eigenvalue weighted by molar-refractivity contribution is -0.129. The Labute approximate surface area is 168 Å². The van der Waals surface area contributed by atoms with Gasteiger partial charge in [-0.2, -0.15) is 0 Å². The lowest BCUT2D eigenvalue weighted by Gasteiger charge is -2.22. The van der Waals surface area contributed by atoms with Gasteiger partial charge in [-0.05, 0) is 37.3 Å². The molecule has 1 aliphatic heterocycles. The highest BCUT2D eigenvalue weighted by Crippen LogP contribution is 2.34. The number of amides is 2. The van der Waals surface area contributed by atoms with Gasteiger partial charge in [0.2, 0.25) is 5.91 Å². The van der Waals surface area contributed by atoms with E-state index in [-0.39, 0.29) is 15.6 Å². The van der Waals surface area contributed by atoms with E-state index in [2.05, 4.69) is 5.32 Å². The predicted octanol–water partition coefficient (Wildman–Crippen LogP) is 2.91. The molecule has 2 heterocycles. The number of carboxylic acid groups (broad SMARTS) is 1. The van der Waals surface area contributed by atoms with Crippen LogP contribution in [0.1, 0.15) is 23.0 Å². The van der Waals surface area contributed by atoms with Crippen molar-refractivity contribution in [3.8, 4) is 5.75 Å². The Balaban J connectivity index is 1.76. The number of carboxylic acids is 1. The lowest BCUT2D eigenvalue weighted by Crippen LogP contribution is -2.44. The summed E-state index contributed by atoms with van der Waals surface area (Å²) in [7, 11) is 0. The summed E-state index contributed by atoms with van der Waals surface area (Å²) in [6, 6.07) is 6.09.